The van der Waals surface area contributed by atoms with Crippen molar-refractivity contribution < 1.29 is 0 Å². The first-order valence-corrected chi connectivity index (χ1v) is 7.01. The van der Waals surface area contributed by atoms with E-state index in [1.165, 1.54) is 5.69 Å². The van der Waals surface area contributed by atoms with Crippen molar-refractivity contribution in [3.05, 3.63) is 37.4 Å². The molecule has 1 aromatic heterocycles. The molecule has 5 nitrogen and oxygen atoms in total. The van der Waals surface area contributed by atoms with Crippen LogP contribution < -0.4 is 20.9 Å². The second-order valence-electron chi connectivity index (χ2n) is 4.67. The van der Waals surface area contributed by atoms with Crippen molar-refractivity contribution >= 4 is 17.3 Å². The highest BCUT2D eigenvalue weighted by Gasteiger charge is 2.12. The third kappa shape index (κ3) is 3.99. The molecule has 3 N–H and O–H groups in total. The lowest BCUT2D eigenvalue weighted by Crippen LogP contribution is -2.43. The van der Waals surface area contributed by atoms with Crippen molar-refractivity contribution in [3.63, 3.8) is 0 Å². The Kier molecular flexibility index (Phi) is 5.43. The van der Waals surface area contributed by atoms with E-state index in [-0.39, 0.29) is 0 Å². The van der Waals surface area contributed by atoms with E-state index in [9.17, 15) is 0 Å². The molecule has 0 aromatic carbocycles. The summed E-state index contributed by atoms with van der Waals surface area (Å²) >= 11 is 0. The fourth-order valence-electron chi connectivity index (χ4n) is 2.16. The summed E-state index contributed by atoms with van der Waals surface area (Å²) in [5.74, 6) is 1.74. The van der Waals surface area contributed by atoms with Gasteiger partial charge in [0, 0.05) is 57.1 Å². The maximum atomic E-state index is 4.54. The Labute approximate surface area is 120 Å². The second kappa shape index (κ2) is 7.55. The summed E-state index contributed by atoms with van der Waals surface area (Å²) in [4.78, 5) is 6.91. The number of hydrogen-bond donors (Lipinski definition) is 3. The zero-order valence-electron chi connectivity index (χ0n) is 11.9. The summed E-state index contributed by atoms with van der Waals surface area (Å²) in [6.07, 6.45) is 3.66. The minimum Gasteiger partial charge on any atom is -0.369 e. The van der Waals surface area contributed by atoms with Crippen molar-refractivity contribution in [1.29, 1.82) is 0 Å². The molecule has 5 heteroatoms. The zero-order chi connectivity index (χ0) is 14.2. The summed E-state index contributed by atoms with van der Waals surface area (Å²) in [6.45, 7) is 12.9. The van der Waals surface area contributed by atoms with Gasteiger partial charge in [-0.05, 0) is 0 Å². The molecule has 1 aliphatic heterocycles. The van der Waals surface area contributed by atoms with Crippen molar-refractivity contribution in [3.8, 4) is 0 Å². The molecule has 2 rings (SSSR count). The van der Waals surface area contributed by atoms with E-state index < -0.39 is 0 Å². The Bertz CT molecular complexity index is 421. The summed E-state index contributed by atoms with van der Waals surface area (Å²) in [7, 11) is 0. The summed E-state index contributed by atoms with van der Waals surface area (Å²) in [5, 5.41) is 9.87. The van der Waals surface area contributed by atoms with Crippen molar-refractivity contribution in [2.24, 2.45) is 0 Å². The number of nitrogens with one attached hydrogen (secondary N) is 3. The maximum absolute atomic E-state index is 4.54. The van der Waals surface area contributed by atoms with E-state index >= 15 is 0 Å². The van der Waals surface area contributed by atoms with Crippen LogP contribution in [0.5, 0.6) is 0 Å². The van der Waals surface area contributed by atoms with Crippen molar-refractivity contribution in [1.82, 2.24) is 10.3 Å². The normalized spacial score (nSPS) is 14.7. The zero-order valence-corrected chi connectivity index (χ0v) is 11.9. The summed E-state index contributed by atoms with van der Waals surface area (Å²) in [5.41, 5.74) is 1.19. The largest absolute Gasteiger partial charge is 0.369 e. The van der Waals surface area contributed by atoms with Gasteiger partial charge in [-0.25, -0.2) is 4.98 Å². The third-order valence-corrected chi connectivity index (χ3v) is 3.15. The molecular weight excluding hydrogens is 250 g/mol. The smallest absolute Gasteiger partial charge is 0.130 e. The van der Waals surface area contributed by atoms with Crippen LogP contribution in [-0.4, -0.2) is 44.3 Å². The predicted octanol–water partition coefficient (Wildman–Crippen LogP) is 1.69. The first-order chi connectivity index (χ1) is 9.83. The van der Waals surface area contributed by atoms with Gasteiger partial charge in [0.15, 0.2) is 0 Å². The van der Waals surface area contributed by atoms with Crippen molar-refractivity contribution in [2.45, 2.75) is 0 Å². The quantitative estimate of drug-likeness (QED) is 0.660. The standard InChI is InChI=1S/C15H23N5/c1-3-5-17-14-11-13(20-9-7-16-8-10-20)12-15(19-14)18-6-4-2/h3-4,11-12,16H,1-2,5-10H2,(H2,17,18,19). The molecule has 1 fully saturated rings. The van der Waals surface area contributed by atoms with E-state index in [4.69, 9.17) is 0 Å². The van der Waals surface area contributed by atoms with Crippen LogP contribution in [0.1, 0.15) is 0 Å². The predicted molar refractivity (Wildman–Crippen MR) is 86.7 cm³/mol. The number of rotatable bonds is 7. The van der Waals surface area contributed by atoms with Crippen LogP contribution in [0.3, 0.4) is 0 Å². The Balaban J connectivity index is 2.18. The minimum absolute atomic E-state index is 0.707. The first kappa shape index (κ1) is 14.4. The van der Waals surface area contributed by atoms with Crippen LogP contribution >= 0.6 is 0 Å². The van der Waals surface area contributed by atoms with Gasteiger partial charge < -0.3 is 20.9 Å². The molecule has 0 saturated carbocycles. The molecule has 2 heterocycles. The molecule has 0 unspecified atom stereocenters. The second-order valence-corrected chi connectivity index (χ2v) is 4.67. The lowest BCUT2D eigenvalue weighted by molar-refractivity contribution is 0.589. The molecule has 1 aromatic rings. The fraction of sp³-hybridized carbons (Fsp3) is 0.400. The molecule has 1 aliphatic rings. The third-order valence-electron chi connectivity index (χ3n) is 3.15. The van der Waals surface area contributed by atoms with Gasteiger partial charge in [-0.15, -0.1) is 13.2 Å². The Morgan fingerprint density at radius 1 is 1.10 bits per heavy atom. The average molecular weight is 273 g/mol. The van der Waals surface area contributed by atoms with Crippen LogP contribution in [0.4, 0.5) is 17.3 Å². The van der Waals surface area contributed by atoms with Crippen molar-refractivity contribution in [2.75, 3.05) is 54.8 Å². The molecule has 0 bridgehead atoms. The van der Waals surface area contributed by atoms with Gasteiger partial charge >= 0.3 is 0 Å². The molecule has 0 aliphatic carbocycles. The van der Waals surface area contributed by atoms with Crippen LogP contribution in [0.25, 0.3) is 0 Å². The van der Waals surface area contributed by atoms with Gasteiger partial charge in [0.2, 0.25) is 0 Å². The number of anilines is 3. The first-order valence-electron chi connectivity index (χ1n) is 7.01. The molecular formula is C15H23N5. The highest BCUT2D eigenvalue weighted by atomic mass is 15.2. The number of aromatic nitrogens is 1. The molecule has 0 amide bonds. The number of piperazine rings is 1. The summed E-state index contributed by atoms with van der Waals surface area (Å²) < 4.78 is 0. The van der Waals surface area contributed by atoms with E-state index in [0.29, 0.717) is 13.1 Å². The Hall–Kier alpha value is -2.01. The topological polar surface area (TPSA) is 52.2 Å². The summed E-state index contributed by atoms with van der Waals surface area (Å²) in [6, 6.07) is 4.18. The average Bonchev–Trinajstić information content (AvgIpc) is 2.51. The van der Waals surface area contributed by atoms with Gasteiger partial charge in [0.1, 0.15) is 11.6 Å². The van der Waals surface area contributed by atoms with Crippen LogP contribution in [0.15, 0.2) is 37.4 Å². The molecule has 108 valence electrons. The van der Waals surface area contributed by atoms with Gasteiger partial charge in [-0.2, -0.15) is 0 Å². The lowest BCUT2D eigenvalue weighted by atomic mass is 10.2. The monoisotopic (exact) mass is 273 g/mol. The maximum Gasteiger partial charge on any atom is 0.130 e. The van der Waals surface area contributed by atoms with Crippen LogP contribution in [0, 0.1) is 0 Å². The van der Waals surface area contributed by atoms with Gasteiger partial charge in [0.05, 0.1) is 0 Å². The van der Waals surface area contributed by atoms with E-state index in [1.807, 2.05) is 12.2 Å². The van der Waals surface area contributed by atoms with E-state index in [1.54, 1.807) is 0 Å². The highest BCUT2D eigenvalue weighted by Crippen LogP contribution is 2.22. The van der Waals surface area contributed by atoms with Gasteiger partial charge in [-0.1, -0.05) is 12.2 Å². The molecule has 1 saturated heterocycles. The highest BCUT2D eigenvalue weighted by molar-refractivity contribution is 5.62. The van der Waals surface area contributed by atoms with Gasteiger partial charge in [-0.3, -0.25) is 0 Å². The van der Waals surface area contributed by atoms with Gasteiger partial charge in [0.25, 0.3) is 0 Å². The lowest BCUT2D eigenvalue weighted by Gasteiger charge is -2.30. The van der Waals surface area contributed by atoms with E-state index in [2.05, 4.69) is 51.1 Å². The molecule has 0 radical (unpaired) electrons. The molecule has 0 atom stereocenters. The number of pyridine rings is 1. The number of nitrogens with zero attached hydrogens (tertiary/aromatic N) is 2. The Morgan fingerprint density at radius 2 is 1.65 bits per heavy atom. The van der Waals surface area contributed by atoms with Crippen LogP contribution in [-0.2, 0) is 0 Å². The minimum atomic E-state index is 0.707. The fourth-order valence-corrected chi connectivity index (χ4v) is 2.16. The molecule has 0 spiro atoms. The van der Waals surface area contributed by atoms with E-state index in [0.717, 1.165) is 37.8 Å². The SMILES string of the molecule is C=CCNc1cc(N2CCNCC2)cc(NCC=C)n1. The molecule has 20 heavy (non-hydrogen) atoms. The number of hydrogen-bond acceptors (Lipinski definition) is 5. The Morgan fingerprint density at radius 3 is 2.15 bits per heavy atom. The van der Waals surface area contributed by atoms with Crippen LogP contribution in [0.2, 0.25) is 0 Å².